The third-order valence-electron chi connectivity index (χ3n) is 4.74. The Morgan fingerprint density at radius 1 is 1.04 bits per heavy atom. The Morgan fingerprint density at radius 3 is 2.36 bits per heavy atom. The van der Waals surface area contributed by atoms with Crippen molar-refractivity contribution in [3.8, 4) is 0 Å². The molecule has 154 valence electrons. The number of piperidine rings is 1. The summed E-state index contributed by atoms with van der Waals surface area (Å²) in [6.07, 6.45) is 3.26. The Labute approximate surface area is 175 Å². The first-order valence-corrected chi connectivity index (χ1v) is 10.1. The number of halogens is 2. The number of nitrogens with one attached hydrogen (secondary N) is 3. The number of likely N-dealkylation sites (tertiary alicyclic amines) is 1. The van der Waals surface area contributed by atoms with Crippen molar-refractivity contribution in [2.24, 2.45) is 5.92 Å². The van der Waals surface area contributed by atoms with Crippen LogP contribution in [0.25, 0.3) is 0 Å². The van der Waals surface area contributed by atoms with Crippen molar-refractivity contribution >= 4 is 40.9 Å². The molecule has 0 saturated carbocycles. The number of carbonyl (C=O) groups excluding carboxylic acids is 3. The van der Waals surface area contributed by atoms with Crippen molar-refractivity contribution < 1.29 is 14.4 Å². The van der Waals surface area contributed by atoms with E-state index in [0.29, 0.717) is 17.5 Å². The Hall–Kier alpha value is -1.83. The van der Waals surface area contributed by atoms with E-state index in [9.17, 15) is 14.4 Å². The monoisotopic (exact) mass is 428 g/mol. The highest BCUT2D eigenvalue weighted by Crippen LogP contribution is 2.20. The van der Waals surface area contributed by atoms with Crippen LogP contribution in [0.2, 0.25) is 10.0 Å². The Morgan fingerprint density at radius 2 is 1.68 bits per heavy atom. The molecule has 0 aromatic heterocycles. The van der Waals surface area contributed by atoms with Crippen molar-refractivity contribution in [1.82, 2.24) is 20.9 Å². The zero-order valence-corrected chi connectivity index (χ0v) is 17.4. The van der Waals surface area contributed by atoms with Crippen LogP contribution in [0.15, 0.2) is 18.2 Å². The van der Waals surface area contributed by atoms with E-state index in [1.54, 1.807) is 6.07 Å². The van der Waals surface area contributed by atoms with E-state index in [4.69, 9.17) is 23.2 Å². The molecule has 1 saturated heterocycles. The molecule has 1 fully saturated rings. The Balaban J connectivity index is 1.59. The maximum Gasteiger partial charge on any atom is 0.253 e. The lowest BCUT2D eigenvalue weighted by molar-refractivity contribution is -0.125. The van der Waals surface area contributed by atoms with Gasteiger partial charge in [-0.2, -0.15) is 0 Å². The lowest BCUT2D eigenvalue weighted by atomic mass is 9.94. The molecule has 0 atom stereocenters. The first kappa shape index (κ1) is 22.5. The molecule has 1 aliphatic heterocycles. The molecule has 1 aliphatic rings. The fourth-order valence-corrected chi connectivity index (χ4v) is 3.49. The Bertz CT molecular complexity index is 706. The van der Waals surface area contributed by atoms with Crippen LogP contribution in [0.3, 0.4) is 0 Å². The molecular formula is C19H26Cl2N4O3. The molecule has 0 spiro atoms. The van der Waals surface area contributed by atoms with Gasteiger partial charge in [0, 0.05) is 11.6 Å². The van der Waals surface area contributed by atoms with Crippen LogP contribution in [0.1, 0.15) is 29.6 Å². The molecule has 28 heavy (non-hydrogen) atoms. The lowest BCUT2D eigenvalue weighted by Crippen LogP contribution is -2.42. The lowest BCUT2D eigenvalue weighted by Gasteiger charge is -2.28. The predicted molar refractivity (Wildman–Crippen MR) is 110 cm³/mol. The highest BCUT2D eigenvalue weighted by atomic mass is 35.5. The van der Waals surface area contributed by atoms with Gasteiger partial charge in [0.05, 0.1) is 23.7 Å². The zero-order valence-electron chi connectivity index (χ0n) is 15.9. The number of hydrogen-bond acceptors (Lipinski definition) is 4. The molecule has 3 N–H and O–H groups in total. The number of hydrogen-bond donors (Lipinski definition) is 3. The van der Waals surface area contributed by atoms with Crippen LogP contribution in [-0.4, -0.2) is 62.4 Å². The van der Waals surface area contributed by atoms with Gasteiger partial charge >= 0.3 is 0 Å². The minimum absolute atomic E-state index is 0.121. The van der Waals surface area contributed by atoms with E-state index in [1.807, 2.05) is 0 Å². The summed E-state index contributed by atoms with van der Waals surface area (Å²) < 4.78 is 0. The van der Waals surface area contributed by atoms with Gasteiger partial charge in [0.15, 0.2) is 0 Å². The third kappa shape index (κ3) is 7.66. The number of carbonyl (C=O) groups is 3. The van der Waals surface area contributed by atoms with Crippen LogP contribution in [-0.2, 0) is 9.59 Å². The molecule has 3 amide bonds. The SMILES string of the molecule is CN1CCC(CCNC(=O)CNC(=O)CNC(=O)c2ccc(Cl)cc2Cl)CC1. The van der Waals surface area contributed by atoms with Crippen molar-refractivity contribution in [2.75, 3.05) is 39.8 Å². The van der Waals surface area contributed by atoms with Gasteiger partial charge in [0.1, 0.15) is 0 Å². The van der Waals surface area contributed by atoms with Gasteiger partial charge in [0.2, 0.25) is 11.8 Å². The standard InChI is InChI=1S/C19H26Cl2N4O3/c1-25-8-5-13(6-9-25)4-7-22-17(26)11-23-18(27)12-24-19(28)15-3-2-14(20)10-16(15)21/h2-3,10,13H,4-9,11-12H2,1H3,(H,22,26)(H,23,27)(H,24,28). The molecule has 1 heterocycles. The normalized spacial score (nSPS) is 15.1. The summed E-state index contributed by atoms with van der Waals surface area (Å²) in [5, 5.41) is 8.38. The van der Waals surface area contributed by atoms with Gasteiger partial charge in [-0.1, -0.05) is 23.2 Å². The van der Waals surface area contributed by atoms with Gasteiger partial charge in [-0.05, 0) is 63.5 Å². The van der Waals surface area contributed by atoms with Crippen LogP contribution in [0, 0.1) is 5.92 Å². The van der Waals surface area contributed by atoms with Crippen molar-refractivity contribution in [3.63, 3.8) is 0 Å². The molecule has 0 aliphatic carbocycles. The van der Waals surface area contributed by atoms with Crippen LogP contribution in [0.4, 0.5) is 0 Å². The van der Waals surface area contributed by atoms with Gasteiger partial charge in [0.25, 0.3) is 5.91 Å². The maximum absolute atomic E-state index is 12.0. The van der Waals surface area contributed by atoms with Gasteiger partial charge in [-0.15, -0.1) is 0 Å². The van der Waals surface area contributed by atoms with Gasteiger partial charge in [-0.25, -0.2) is 0 Å². The minimum atomic E-state index is -0.487. The van der Waals surface area contributed by atoms with E-state index >= 15 is 0 Å². The van der Waals surface area contributed by atoms with E-state index in [1.165, 1.54) is 12.1 Å². The van der Waals surface area contributed by atoms with E-state index < -0.39 is 11.8 Å². The fourth-order valence-electron chi connectivity index (χ4n) is 3.00. The second kappa shape index (κ2) is 11.2. The van der Waals surface area contributed by atoms with Crippen molar-refractivity contribution in [1.29, 1.82) is 0 Å². The second-order valence-electron chi connectivity index (χ2n) is 6.97. The summed E-state index contributed by atoms with van der Waals surface area (Å²) in [4.78, 5) is 38.0. The highest BCUT2D eigenvalue weighted by Gasteiger charge is 2.16. The van der Waals surface area contributed by atoms with Gasteiger partial charge < -0.3 is 20.9 Å². The highest BCUT2D eigenvalue weighted by molar-refractivity contribution is 6.36. The molecule has 7 nitrogen and oxygen atoms in total. The third-order valence-corrected chi connectivity index (χ3v) is 5.29. The van der Waals surface area contributed by atoms with E-state index in [2.05, 4.69) is 27.9 Å². The molecule has 2 rings (SSSR count). The molecule has 0 unspecified atom stereocenters. The van der Waals surface area contributed by atoms with Gasteiger partial charge in [-0.3, -0.25) is 14.4 Å². The largest absolute Gasteiger partial charge is 0.355 e. The van der Waals surface area contributed by atoms with Crippen LogP contribution < -0.4 is 16.0 Å². The van der Waals surface area contributed by atoms with E-state index in [0.717, 1.165) is 32.4 Å². The first-order valence-electron chi connectivity index (χ1n) is 9.30. The summed E-state index contributed by atoms with van der Waals surface area (Å²) in [7, 11) is 2.12. The van der Waals surface area contributed by atoms with Crippen LogP contribution >= 0.6 is 23.2 Å². The molecule has 1 aromatic rings. The molecule has 0 radical (unpaired) electrons. The minimum Gasteiger partial charge on any atom is -0.355 e. The first-order chi connectivity index (χ1) is 13.3. The summed E-state index contributed by atoms with van der Waals surface area (Å²) >= 11 is 11.7. The molecule has 9 heteroatoms. The zero-order chi connectivity index (χ0) is 20.5. The summed E-state index contributed by atoms with van der Waals surface area (Å²) in [5.74, 6) is -0.544. The molecule has 0 bridgehead atoms. The quantitative estimate of drug-likeness (QED) is 0.587. The van der Waals surface area contributed by atoms with Crippen molar-refractivity contribution in [2.45, 2.75) is 19.3 Å². The summed E-state index contributed by atoms with van der Waals surface area (Å²) in [5.41, 5.74) is 0.227. The fraction of sp³-hybridized carbons (Fsp3) is 0.526. The topological polar surface area (TPSA) is 90.5 Å². The van der Waals surface area contributed by atoms with Crippen LogP contribution in [0.5, 0.6) is 0 Å². The number of nitrogens with zero attached hydrogens (tertiary/aromatic N) is 1. The number of benzene rings is 1. The smallest absolute Gasteiger partial charge is 0.253 e. The maximum atomic E-state index is 12.0. The molecular weight excluding hydrogens is 403 g/mol. The second-order valence-corrected chi connectivity index (χ2v) is 7.81. The Kier molecular flexibility index (Phi) is 9.02. The van der Waals surface area contributed by atoms with E-state index in [-0.39, 0.29) is 29.6 Å². The number of rotatable bonds is 8. The molecule has 1 aromatic carbocycles. The summed E-state index contributed by atoms with van der Waals surface area (Å²) in [6, 6.07) is 4.47. The number of amides is 3. The average Bonchev–Trinajstić information content (AvgIpc) is 2.66. The predicted octanol–water partition coefficient (Wildman–Crippen LogP) is 1.69. The van der Waals surface area contributed by atoms with Crippen molar-refractivity contribution in [3.05, 3.63) is 33.8 Å². The summed E-state index contributed by atoms with van der Waals surface area (Å²) in [6.45, 7) is 2.43. The average molecular weight is 429 g/mol.